The van der Waals surface area contributed by atoms with Crippen molar-refractivity contribution < 1.29 is 45.6 Å². The number of benzene rings is 2. The molecular weight excluding hydrogens is 342 g/mol. The summed E-state index contributed by atoms with van der Waals surface area (Å²) >= 11 is 0. The van der Waals surface area contributed by atoms with Crippen LogP contribution in [0.25, 0.3) is 0 Å². The molecule has 22 heavy (non-hydrogen) atoms. The third kappa shape index (κ3) is 7.37. The van der Waals surface area contributed by atoms with Crippen LogP contribution in [0.1, 0.15) is 11.1 Å². The largest absolute Gasteiger partial charge is 2.00 e. The zero-order valence-corrected chi connectivity index (χ0v) is 14.6. The van der Waals surface area contributed by atoms with Crippen molar-refractivity contribution in [3.8, 4) is 11.5 Å². The molecule has 0 heterocycles. The van der Waals surface area contributed by atoms with Crippen molar-refractivity contribution in [1.29, 1.82) is 0 Å². The summed E-state index contributed by atoms with van der Waals surface area (Å²) in [6.45, 7) is 0. The zero-order valence-electron chi connectivity index (χ0n) is 11.7. The predicted molar refractivity (Wildman–Crippen MR) is 75.4 cm³/mol. The number of hydrogen-bond acceptors (Lipinski definition) is 6. The van der Waals surface area contributed by atoms with Crippen LogP contribution >= 0.6 is 0 Å². The van der Waals surface area contributed by atoms with Crippen LogP contribution < -0.4 is 10.2 Å². The summed E-state index contributed by atoms with van der Waals surface area (Å²) in [7, 11) is 0. The summed E-state index contributed by atoms with van der Waals surface area (Å²) in [5, 5.41) is 43.2. The Morgan fingerprint density at radius 2 is 1.05 bits per heavy atom. The van der Waals surface area contributed by atoms with E-state index in [4.69, 9.17) is 10.4 Å². The molecule has 5 N–H and O–H groups in total. The summed E-state index contributed by atoms with van der Waals surface area (Å²) in [5.41, 5.74) is 0.787. The van der Waals surface area contributed by atoms with Gasteiger partial charge in [-0.25, -0.2) is 0 Å². The molecule has 2 rings (SSSR count). The molecule has 0 aliphatic carbocycles. The van der Waals surface area contributed by atoms with Gasteiger partial charge < -0.3 is 26.1 Å². The summed E-state index contributed by atoms with van der Waals surface area (Å²) in [6.07, 6.45) is 2.23. The van der Waals surface area contributed by atoms with Gasteiger partial charge in [-0.1, -0.05) is 70.3 Å². The Hall–Kier alpha value is -2.44. The van der Waals surface area contributed by atoms with Gasteiger partial charge in [0.05, 0.1) is 12.4 Å². The fraction of sp³-hybridized carbons (Fsp3) is 0. The van der Waals surface area contributed by atoms with Gasteiger partial charge >= 0.3 is 19.5 Å². The Kier molecular flexibility index (Phi) is 12.2. The van der Waals surface area contributed by atoms with Gasteiger partial charge in [0.2, 0.25) is 0 Å². The van der Waals surface area contributed by atoms with E-state index in [-0.39, 0.29) is 36.5 Å². The number of nitrogens with zero attached hydrogens (tertiary/aromatic N) is 2. The quantitative estimate of drug-likeness (QED) is 0.260. The first-order chi connectivity index (χ1) is 9.69. The number of para-hydroxylation sites is 2. The van der Waals surface area contributed by atoms with Crippen molar-refractivity contribution in [2.45, 2.75) is 0 Å². The molecule has 8 heteroatoms. The first kappa shape index (κ1) is 21.9. The second kappa shape index (κ2) is 12.3. The third-order valence-corrected chi connectivity index (χ3v) is 2.23. The fourth-order valence-electron chi connectivity index (χ4n) is 1.30. The monoisotopic (exact) mass is 355 g/mol. The predicted octanol–water partition coefficient (Wildman–Crippen LogP) is 0.212. The molecule has 0 saturated carbocycles. The molecule has 7 nitrogen and oxygen atoms in total. The van der Waals surface area contributed by atoms with Gasteiger partial charge in [-0.05, 0) is 11.1 Å². The van der Waals surface area contributed by atoms with E-state index in [2.05, 4.69) is 10.3 Å². The second-order valence-corrected chi connectivity index (χ2v) is 3.56. The van der Waals surface area contributed by atoms with E-state index in [0.717, 1.165) is 12.4 Å². The Labute approximate surface area is 139 Å². The molecule has 0 aromatic heterocycles. The number of rotatable bonds is 2. The van der Waals surface area contributed by atoms with Gasteiger partial charge in [-0.15, -0.1) is 0 Å². The van der Waals surface area contributed by atoms with Crippen molar-refractivity contribution in [2.75, 3.05) is 0 Å². The average Bonchev–Trinajstić information content (AvgIpc) is 2.45. The van der Waals surface area contributed by atoms with Crippen molar-refractivity contribution in [2.24, 2.45) is 10.3 Å². The fourth-order valence-corrected chi connectivity index (χ4v) is 1.30. The van der Waals surface area contributed by atoms with E-state index in [1.165, 1.54) is 12.1 Å². The maximum absolute atomic E-state index is 10.8. The van der Waals surface area contributed by atoms with E-state index < -0.39 is 0 Å². The van der Waals surface area contributed by atoms with Crippen molar-refractivity contribution in [1.82, 2.24) is 0 Å². The van der Waals surface area contributed by atoms with Crippen LogP contribution in [-0.4, -0.2) is 22.8 Å². The topological polar surface area (TPSA) is 144 Å². The maximum atomic E-state index is 10.8. The minimum atomic E-state index is -0.139. The van der Waals surface area contributed by atoms with E-state index in [9.17, 15) is 10.2 Å². The Bertz CT molecular complexity index is 552. The van der Waals surface area contributed by atoms with Crippen molar-refractivity contribution in [3.63, 3.8) is 0 Å². The molecule has 2 aromatic carbocycles. The zero-order chi connectivity index (χ0) is 14.8. The van der Waals surface area contributed by atoms with Gasteiger partial charge in [0.1, 0.15) is 0 Å². The Morgan fingerprint density at radius 1 is 0.727 bits per heavy atom. The summed E-state index contributed by atoms with van der Waals surface area (Å²) in [4.78, 5) is 0. The molecule has 0 fully saturated rings. The first-order valence-corrected chi connectivity index (χ1v) is 5.56. The van der Waals surface area contributed by atoms with Gasteiger partial charge in [0, 0.05) is 0 Å². The summed E-state index contributed by atoms with van der Waals surface area (Å²) < 4.78 is 0. The van der Waals surface area contributed by atoms with Gasteiger partial charge in [-0.2, -0.15) is 0 Å². The Morgan fingerprint density at radius 3 is 1.32 bits per heavy atom. The average molecular weight is 357 g/mol. The first-order valence-electron chi connectivity index (χ1n) is 5.56. The molecule has 0 saturated heterocycles. The molecule has 0 spiro atoms. The molecule has 0 aliphatic rings. The number of hydrogen-bond donors (Lipinski definition) is 2. The van der Waals surface area contributed by atoms with Crippen LogP contribution in [0.2, 0.25) is 0 Å². The molecule has 112 valence electrons. The van der Waals surface area contributed by atoms with E-state index >= 15 is 0 Å². The normalized spacial score (nSPS) is 9.45. The number of oxime groups is 2. The molecule has 0 unspecified atom stereocenters. The van der Waals surface area contributed by atoms with Crippen LogP contribution in [0.4, 0.5) is 0 Å². The van der Waals surface area contributed by atoms with Gasteiger partial charge in [0.15, 0.2) is 0 Å². The van der Waals surface area contributed by atoms with E-state index in [0.29, 0.717) is 11.1 Å². The molecule has 0 radical (unpaired) electrons. The van der Waals surface area contributed by atoms with Crippen LogP contribution in [-0.2, 0) is 25.0 Å². The molecule has 0 bridgehead atoms. The van der Waals surface area contributed by atoms with Gasteiger partial charge in [0.25, 0.3) is 0 Å². The second-order valence-electron chi connectivity index (χ2n) is 3.56. The molecule has 0 amide bonds. The Balaban J connectivity index is 0. The SMILES string of the molecule is [O-]c1ccccc1/C=N/O.[O-]c1ccccc1/C=N/O.[OH3+].[Zn+2]. The smallest absolute Gasteiger partial charge is 0.872 e. The summed E-state index contributed by atoms with van der Waals surface area (Å²) in [6, 6.07) is 12.7. The van der Waals surface area contributed by atoms with E-state index in [1.54, 1.807) is 36.4 Å². The molecule has 0 atom stereocenters. The van der Waals surface area contributed by atoms with Crippen LogP contribution in [0.15, 0.2) is 58.8 Å². The maximum Gasteiger partial charge on any atom is 2.00 e. The van der Waals surface area contributed by atoms with Crippen LogP contribution in [0.5, 0.6) is 11.5 Å². The van der Waals surface area contributed by atoms with Crippen LogP contribution in [0, 0.1) is 0 Å². The van der Waals surface area contributed by atoms with Gasteiger partial charge in [-0.3, -0.25) is 0 Å². The molecule has 0 aliphatic heterocycles. The van der Waals surface area contributed by atoms with Crippen LogP contribution in [0.3, 0.4) is 0 Å². The molecular formula is C14H15N2O5Zn+. The summed E-state index contributed by atoms with van der Waals surface area (Å²) in [5.74, 6) is -0.277. The standard InChI is InChI=1S/2C7H7NO2.H2O.Zn/c2*9-7-4-2-1-3-6(7)5-8-10;;/h2*1-5,9-10H;1H2;/q;;;+2/p-1/b2*8-5+;;. The van der Waals surface area contributed by atoms with Crippen molar-refractivity contribution in [3.05, 3.63) is 59.7 Å². The molecule has 2 aromatic rings. The minimum absolute atomic E-state index is 0. The van der Waals surface area contributed by atoms with Crippen molar-refractivity contribution >= 4 is 12.4 Å². The van der Waals surface area contributed by atoms with E-state index in [1.807, 2.05) is 0 Å². The minimum Gasteiger partial charge on any atom is -0.872 e. The third-order valence-electron chi connectivity index (χ3n) is 2.23.